The van der Waals surface area contributed by atoms with E-state index in [0.717, 1.165) is 19.4 Å². The molecule has 1 aliphatic carbocycles. The third kappa shape index (κ3) is 13.6. The van der Waals surface area contributed by atoms with Crippen molar-refractivity contribution >= 4 is 11.9 Å². The minimum absolute atomic E-state index is 0. The van der Waals surface area contributed by atoms with E-state index >= 15 is 0 Å². The second kappa shape index (κ2) is 13.9. The molecule has 1 fully saturated rings. The third-order valence-corrected chi connectivity index (χ3v) is 3.78. The first-order valence-corrected chi connectivity index (χ1v) is 7.80. The Morgan fingerprint density at radius 3 is 1.91 bits per heavy atom. The van der Waals surface area contributed by atoms with Crippen LogP contribution in [-0.2, 0) is 30.7 Å². The summed E-state index contributed by atoms with van der Waals surface area (Å²) >= 11 is 0. The summed E-state index contributed by atoms with van der Waals surface area (Å²) in [6.07, 6.45) is 5.29. The Labute approximate surface area is 153 Å². The monoisotopic (exact) mass is 510 g/mol. The number of carbonyl (C=O) groups excluding carboxylic acids is 2. The van der Waals surface area contributed by atoms with Gasteiger partial charge in [-0.2, -0.15) is 0 Å². The number of carboxylic acids is 2. The number of hydrogen-bond acceptors (Lipinski definition) is 7. The van der Waals surface area contributed by atoms with Gasteiger partial charge in [0, 0.05) is 29.9 Å². The van der Waals surface area contributed by atoms with Gasteiger partial charge in [0.15, 0.2) is 0 Å². The Balaban J connectivity index is 0. The van der Waals surface area contributed by atoms with E-state index in [9.17, 15) is 19.8 Å². The molecule has 7 nitrogen and oxygen atoms in total. The number of nitrogens with zero attached hydrogens (tertiary/aromatic N) is 1. The van der Waals surface area contributed by atoms with Gasteiger partial charge in [0.1, 0.15) is 0 Å². The van der Waals surface area contributed by atoms with Gasteiger partial charge in [0.25, 0.3) is 0 Å². The van der Waals surface area contributed by atoms with Gasteiger partial charge >= 0.3 is 21.1 Å². The number of aliphatic carboxylic acids is 2. The normalized spacial score (nSPS) is 21.6. The van der Waals surface area contributed by atoms with E-state index in [0.29, 0.717) is 12.8 Å². The molecule has 0 aromatic carbocycles. The molecule has 0 aliphatic heterocycles. The molecule has 4 N–H and O–H groups in total. The van der Waals surface area contributed by atoms with Crippen LogP contribution in [0.15, 0.2) is 0 Å². The molecule has 23 heavy (non-hydrogen) atoms. The van der Waals surface area contributed by atoms with Gasteiger partial charge in [-0.1, -0.05) is 12.8 Å². The fourth-order valence-electron chi connectivity index (χ4n) is 2.35. The Kier molecular flexibility index (Phi) is 15.0. The van der Waals surface area contributed by atoms with Gasteiger partial charge in [0.05, 0.1) is 0 Å². The van der Waals surface area contributed by atoms with Gasteiger partial charge in [-0.15, -0.1) is 0 Å². The number of hydrogen-bond donors (Lipinski definition) is 2. The van der Waals surface area contributed by atoms with Gasteiger partial charge in [-0.25, -0.2) is 0 Å². The van der Waals surface area contributed by atoms with Crippen molar-refractivity contribution < 1.29 is 40.9 Å². The van der Waals surface area contributed by atoms with Crippen molar-refractivity contribution in [3.05, 3.63) is 0 Å². The summed E-state index contributed by atoms with van der Waals surface area (Å²) in [5.74, 6) is -3.59. The number of rotatable bonds is 7. The van der Waals surface area contributed by atoms with Gasteiger partial charge < -0.3 is 36.2 Å². The first-order valence-electron chi connectivity index (χ1n) is 7.80. The molecule has 0 heterocycles. The second-order valence-corrected chi connectivity index (χ2v) is 6.15. The van der Waals surface area contributed by atoms with Gasteiger partial charge in [-0.3, -0.25) is 0 Å². The average Bonchev–Trinajstić information content (AvgIpc) is 2.41. The summed E-state index contributed by atoms with van der Waals surface area (Å²) in [6, 6.07) is 0.562. The molecule has 0 aromatic heterocycles. The smallest absolute Gasteiger partial charge is 0.550 e. The molecule has 0 saturated heterocycles. The van der Waals surface area contributed by atoms with E-state index in [4.69, 9.17) is 11.5 Å². The molecule has 0 spiro atoms. The van der Waals surface area contributed by atoms with Gasteiger partial charge in [-0.05, 0) is 52.7 Å². The molecule has 1 rings (SSSR count). The van der Waals surface area contributed by atoms with Crippen LogP contribution in [-0.4, -0.2) is 49.6 Å². The molecule has 0 radical (unpaired) electrons. The van der Waals surface area contributed by atoms with Crippen LogP contribution in [0.25, 0.3) is 0 Å². The molecule has 0 amide bonds. The van der Waals surface area contributed by atoms with Crippen LogP contribution in [0, 0.1) is 5.92 Å². The largest absolute Gasteiger partial charge is 2.00 e. The second-order valence-electron chi connectivity index (χ2n) is 6.15. The topological polar surface area (TPSA) is 136 Å². The number of carbonyl (C=O) groups is 2. The van der Waals surface area contributed by atoms with Crippen LogP contribution < -0.4 is 21.7 Å². The molecule has 1 aliphatic rings. The number of nitrogens with two attached hydrogens (primary N) is 2. The zero-order valence-electron chi connectivity index (χ0n) is 13.9. The molecule has 1 saturated carbocycles. The van der Waals surface area contributed by atoms with Crippen molar-refractivity contribution in [2.24, 2.45) is 17.4 Å². The van der Waals surface area contributed by atoms with Crippen molar-refractivity contribution in [1.82, 2.24) is 4.90 Å². The van der Waals surface area contributed by atoms with E-state index < -0.39 is 24.3 Å². The minimum atomic E-state index is -1.34. The summed E-state index contributed by atoms with van der Waals surface area (Å²) in [5, 5.41) is 20.7. The maximum Gasteiger partial charge on any atom is 2.00 e. The van der Waals surface area contributed by atoms with Crippen LogP contribution in [0.2, 0.25) is 0 Å². The Hall–Kier alpha value is -0.492. The summed E-state index contributed by atoms with van der Waals surface area (Å²) in [5.41, 5.74) is 11.3. The van der Waals surface area contributed by atoms with Crippen LogP contribution in [0.5, 0.6) is 0 Å². The van der Waals surface area contributed by atoms with Crippen molar-refractivity contribution in [2.45, 2.75) is 57.0 Å². The molecular weight excluding hydrogens is 481 g/mol. The first kappa shape index (κ1) is 24.8. The Morgan fingerprint density at radius 2 is 1.61 bits per heavy atom. The van der Waals surface area contributed by atoms with E-state index in [2.05, 4.69) is 0 Å². The summed E-state index contributed by atoms with van der Waals surface area (Å²) in [6.45, 7) is 0.733. The summed E-state index contributed by atoms with van der Waals surface area (Å²) < 4.78 is 0. The maximum absolute atomic E-state index is 10.5. The fraction of sp³-hybridized carbons (Fsp3) is 0.867. The van der Waals surface area contributed by atoms with Crippen molar-refractivity contribution in [3.8, 4) is 0 Å². The Bertz CT molecular complexity index is 333. The van der Waals surface area contributed by atoms with Crippen LogP contribution in [0.4, 0.5) is 0 Å². The molecular formula is C15H29N3O4Pt. The zero-order valence-corrected chi connectivity index (χ0v) is 16.2. The van der Waals surface area contributed by atoms with E-state index in [1.165, 1.54) is 12.8 Å². The molecule has 0 aromatic rings. The fourth-order valence-corrected chi connectivity index (χ4v) is 2.35. The Morgan fingerprint density at radius 1 is 1.13 bits per heavy atom. The molecule has 3 atom stereocenters. The van der Waals surface area contributed by atoms with Crippen molar-refractivity contribution in [2.75, 3.05) is 20.6 Å². The van der Waals surface area contributed by atoms with Crippen molar-refractivity contribution in [3.63, 3.8) is 0 Å². The zero-order chi connectivity index (χ0) is 17.1. The molecule has 138 valence electrons. The number of carboxylic acid groups (broad SMARTS) is 2. The predicted octanol–water partition coefficient (Wildman–Crippen LogP) is -1.95. The van der Waals surface area contributed by atoms with Gasteiger partial charge in [0.2, 0.25) is 0 Å². The molecule has 3 unspecified atom stereocenters. The third-order valence-electron chi connectivity index (χ3n) is 3.78. The van der Waals surface area contributed by atoms with Crippen LogP contribution >= 0.6 is 0 Å². The summed E-state index contributed by atoms with van der Waals surface area (Å²) in [7, 11) is 3.74. The van der Waals surface area contributed by atoms with E-state index in [1.807, 2.05) is 19.0 Å². The predicted molar refractivity (Wildman–Crippen MR) is 80.3 cm³/mol. The minimum Gasteiger partial charge on any atom is -0.550 e. The van der Waals surface area contributed by atoms with Crippen molar-refractivity contribution in [1.29, 1.82) is 0 Å². The first-order chi connectivity index (χ1) is 10.2. The average molecular weight is 510 g/mol. The molecule has 0 bridgehead atoms. The molecule has 8 heteroatoms. The standard InChI is InChI=1S/C9H17NO4.C6H14N2.Pt/c1-10(2)5-3-4-7(9(13)14)6-8(11)12;7-5-3-1-2-4-6(5)8;/h7H,3-6H2,1-2H3,(H,11,12)(H,13,14);5-6H,1-4,7-8H2;/q;;+2/p-2. The van der Waals surface area contributed by atoms with Crippen LogP contribution in [0.3, 0.4) is 0 Å². The quantitative estimate of drug-likeness (QED) is 0.406. The summed E-state index contributed by atoms with van der Waals surface area (Å²) in [4.78, 5) is 22.6. The van der Waals surface area contributed by atoms with Crippen LogP contribution in [0.1, 0.15) is 44.9 Å². The van der Waals surface area contributed by atoms with E-state index in [-0.39, 0.29) is 33.1 Å². The maximum atomic E-state index is 10.5. The van der Waals surface area contributed by atoms with E-state index in [1.54, 1.807) is 0 Å². The SMILES string of the molecule is CN(C)CCCC(CC(=O)[O-])C(=O)[O-].NC1CCCCC1N.[Pt+2].